The van der Waals surface area contributed by atoms with Gasteiger partial charge in [0.05, 0.1) is 6.26 Å². The van der Waals surface area contributed by atoms with E-state index in [1.807, 2.05) is 13.8 Å². The molecule has 0 aromatic heterocycles. The van der Waals surface area contributed by atoms with Crippen molar-refractivity contribution in [1.29, 1.82) is 0 Å². The summed E-state index contributed by atoms with van der Waals surface area (Å²) >= 11 is 0. The van der Waals surface area contributed by atoms with Crippen LogP contribution in [-0.4, -0.2) is 33.2 Å². The second-order valence-corrected chi connectivity index (χ2v) is 5.89. The van der Waals surface area contributed by atoms with Crippen LogP contribution < -0.4 is 10.0 Å². The molecule has 2 N–H and O–H groups in total. The molecule has 0 bridgehead atoms. The van der Waals surface area contributed by atoms with Crippen LogP contribution in [0.5, 0.6) is 0 Å². The Hall–Kier alpha value is -0.880. The van der Waals surface area contributed by atoms with Crippen molar-refractivity contribution in [3.8, 4) is 0 Å². The Morgan fingerprint density at radius 2 is 2.00 bits per heavy atom. The van der Waals surface area contributed by atoms with Crippen LogP contribution in [0.25, 0.3) is 0 Å². The summed E-state index contributed by atoms with van der Waals surface area (Å²) in [5, 5.41) is 2.58. The lowest BCUT2D eigenvalue weighted by Crippen LogP contribution is -2.47. The van der Waals surface area contributed by atoms with E-state index in [1.165, 1.54) is 0 Å². The zero-order chi connectivity index (χ0) is 12.8. The van der Waals surface area contributed by atoms with Crippen molar-refractivity contribution < 1.29 is 13.2 Å². The molecule has 94 valence electrons. The standard InChI is InChI=1S/C10H20N2O3S/c1-5-6-11-10(13)9(7-8(2)3)12-16(4,14)15/h5,8-9,12H,1,6-7H2,2-4H3,(H,11,13). The minimum Gasteiger partial charge on any atom is -0.351 e. The topological polar surface area (TPSA) is 75.3 Å². The summed E-state index contributed by atoms with van der Waals surface area (Å²) in [6, 6.07) is -0.713. The summed E-state index contributed by atoms with van der Waals surface area (Å²) in [5.41, 5.74) is 0. The Morgan fingerprint density at radius 3 is 2.38 bits per heavy atom. The molecule has 0 aromatic carbocycles. The third-order valence-corrected chi connectivity index (χ3v) is 2.51. The number of rotatable bonds is 7. The van der Waals surface area contributed by atoms with E-state index in [4.69, 9.17) is 0 Å². The van der Waals surface area contributed by atoms with Crippen LogP contribution >= 0.6 is 0 Å². The summed E-state index contributed by atoms with van der Waals surface area (Å²) in [6.45, 7) is 7.66. The molecule has 6 heteroatoms. The van der Waals surface area contributed by atoms with E-state index in [2.05, 4.69) is 16.6 Å². The molecule has 1 amide bonds. The molecule has 0 aliphatic rings. The quantitative estimate of drug-likeness (QED) is 0.634. The fourth-order valence-corrected chi connectivity index (χ4v) is 1.95. The highest BCUT2D eigenvalue weighted by Gasteiger charge is 2.22. The van der Waals surface area contributed by atoms with Gasteiger partial charge >= 0.3 is 0 Å². The highest BCUT2D eigenvalue weighted by Crippen LogP contribution is 2.05. The highest BCUT2D eigenvalue weighted by atomic mass is 32.2. The molecule has 0 aliphatic carbocycles. The zero-order valence-electron chi connectivity index (χ0n) is 9.99. The fraction of sp³-hybridized carbons (Fsp3) is 0.700. The normalized spacial score (nSPS) is 13.5. The van der Waals surface area contributed by atoms with Gasteiger partial charge in [-0.3, -0.25) is 4.79 Å². The summed E-state index contributed by atoms with van der Waals surface area (Å²) in [7, 11) is -3.38. The van der Waals surface area contributed by atoms with Crippen molar-refractivity contribution >= 4 is 15.9 Å². The van der Waals surface area contributed by atoms with Crippen LogP contribution in [0.1, 0.15) is 20.3 Å². The first-order valence-corrected chi connectivity index (χ1v) is 7.01. The average molecular weight is 248 g/mol. The van der Waals surface area contributed by atoms with Gasteiger partial charge in [-0.15, -0.1) is 6.58 Å². The molecule has 5 nitrogen and oxygen atoms in total. The van der Waals surface area contributed by atoms with E-state index in [0.717, 1.165) is 6.26 Å². The van der Waals surface area contributed by atoms with Crippen molar-refractivity contribution in [3.63, 3.8) is 0 Å². The zero-order valence-corrected chi connectivity index (χ0v) is 10.8. The minimum absolute atomic E-state index is 0.230. The van der Waals surface area contributed by atoms with Crippen LogP contribution in [-0.2, 0) is 14.8 Å². The Labute approximate surface area is 97.4 Å². The van der Waals surface area contributed by atoms with Crippen LogP contribution in [0.2, 0.25) is 0 Å². The van der Waals surface area contributed by atoms with Gasteiger partial charge in [-0.05, 0) is 12.3 Å². The van der Waals surface area contributed by atoms with Crippen molar-refractivity contribution in [2.24, 2.45) is 5.92 Å². The van der Waals surface area contributed by atoms with Crippen LogP contribution in [0.4, 0.5) is 0 Å². The van der Waals surface area contributed by atoms with E-state index < -0.39 is 16.1 Å². The predicted molar refractivity (Wildman–Crippen MR) is 64.4 cm³/mol. The summed E-state index contributed by atoms with van der Waals surface area (Å²) in [5.74, 6) is -0.0900. The highest BCUT2D eigenvalue weighted by molar-refractivity contribution is 7.88. The van der Waals surface area contributed by atoms with Crippen molar-refractivity contribution in [2.75, 3.05) is 12.8 Å². The fourth-order valence-electron chi connectivity index (χ4n) is 1.23. The van der Waals surface area contributed by atoms with Gasteiger partial charge in [-0.25, -0.2) is 13.1 Å². The molecule has 0 saturated heterocycles. The molecule has 0 aromatic rings. The Morgan fingerprint density at radius 1 is 1.44 bits per heavy atom. The third-order valence-electron chi connectivity index (χ3n) is 1.80. The summed E-state index contributed by atoms with van der Waals surface area (Å²) in [6.07, 6.45) is 3.06. The maximum Gasteiger partial charge on any atom is 0.238 e. The van der Waals surface area contributed by atoms with Gasteiger partial charge in [0.2, 0.25) is 15.9 Å². The van der Waals surface area contributed by atoms with Gasteiger partial charge in [0.1, 0.15) is 6.04 Å². The Balaban J connectivity index is 4.53. The van der Waals surface area contributed by atoms with Crippen molar-refractivity contribution in [3.05, 3.63) is 12.7 Å². The molecule has 0 fully saturated rings. The van der Waals surface area contributed by atoms with E-state index in [0.29, 0.717) is 13.0 Å². The lowest BCUT2D eigenvalue weighted by Gasteiger charge is -2.18. The molecule has 1 unspecified atom stereocenters. The monoisotopic (exact) mass is 248 g/mol. The summed E-state index contributed by atoms with van der Waals surface area (Å²) < 4.78 is 24.5. The smallest absolute Gasteiger partial charge is 0.238 e. The number of carbonyl (C=O) groups is 1. The number of amides is 1. The largest absolute Gasteiger partial charge is 0.351 e. The van der Waals surface area contributed by atoms with Crippen LogP contribution in [0.15, 0.2) is 12.7 Å². The molecule has 0 rings (SSSR count). The van der Waals surface area contributed by atoms with Gasteiger partial charge < -0.3 is 5.32 Å². The second-order valence-electron chi connectivity index (χ2n) is 4.11. The Kier molecular flexibility index (Phi) is 6.28. The van der Waals surface area contributed by atoms with E-state index in [9.17, 15) is 13.2 Å². The van der Waals surface area contributed by atoms with Gasteiger partial charge in [0.25, 0.3) is 0 Å². The third kappa shape index (κ3) is 7.42. The van der Waals surface area contributed by atoms with Crippen molar-refractivity contribution in [1.82, 2.24) is 10.0 Å². The summed E-state index contributed by atoms with van der Waals surface area (Å²) in [4.78, 5) is 11.6. The van der Waals surface area contributed by atoms with Crippen LogP contribution in [0.3, 0.4) is 0 Å². The average Bonchev–Trinajstić information content (AvgIpc) is 2.10. The molecule has 0 spiro atoms. The molecule has 0 radical (unpaired) electrons. The molecule has 16 heavy (non-hydrogen) atoms. The molecular formula is C10H20N2O3S. The SMILES string of the molecule is C=CCNC(=O)C(CC(C)C)NS(C)(=O)=O. The van der Waals surface area contributed by atoms with Gasteiger partial charge in [-0.2, -0.15) is 0 Å². The Bertz CT molecular complexity index is 336. The molecule has 0 heterocycles. The van der Waals surface area contributed by atoms with Gasteiger partial charge in [0.15, 0.2) is 0 Å². The number of carbonyl (C=O) groups excluding carboxylic acids is 1. The van der Waals surface area contributed by atoms with Gasteiger partial charge in [0, 0.05) is 6.54 Å². The van der Waals surface area contributed by atoms with E-state index in [-0.39, 0.29) is 11.8 Å². The molecule has 0 aliphatic heterocycles. The van der Waals surface area contributed by atoms with Crippen molar-refractivity contribution in [2.45, 2.75) is 26.3 Å². The number of sulfonamides is 1. The first kappa shape index (κ1) is 15.1. The molecule has 0 saturated carbocycles. The van der Waals surface area contributed by atoms with Crippen LogP contribution in [0, 0.1) is 5.92 Å². The first-order valence-electron chi connectivity index (χ1n) is 5.12. The predicted octanol–water partition coefficient (Wildman–Crippen LogP) is 0.253. The number of nitrogens with one attached hydrogen (secondary N) is 2. The number of hydrogen-bond donors (Lipinski definition) is 2. The van der Waals surface area contributed by atoms with E-state index >= 15 is 0 Å². The minimum atomic E-state index is -3.38. The molecular weight excluding hydrogens is 228 g/mol. The second kappa shape index (κ2) is 6.65. The maximum absolute atomic E-state index is 11.6. The lowest BCUT2D eigenvalue weighted by atomic mass is 10.0. The van der Waals surface area contributed by atoms with E-state index in [1.54, 1.807) is 6.08 Å². The maximum atomic E-state index is 11.6. The number of hydrogen-bond acceptors (Lipinski definition) is 3. The first-order chi connectivity index (χ1) is 7.26. The molecule has 1 atom stereocenters. The van der Waals surface area contributed by atoms with Gasteiger partial charge in [-0.1, -0.05) is 19.9 Å². The lowest BCUT2D eigenvalue weighted by molar-refractivity contribution is -0.122.